The number of nitriles is 1. The van der Waals surface area contributed by atoms with Crippen LogP contribution in [-0.2, 0) is 4.74 Å². The number of ether oxygens (including phenoxy) is 1. The lowest BCUT2D eigenvalue weighted by Gasteiger charge is -2.06. The van der Waals surface area contributed by atoms with Crippen LogP contribution in [-0.4, -0.2) is 19.8 Å². The first-order valence-corrected chi connectivity index (χ1v) is 5.17. The second-order valence-electron chi connectivity index (χ2n) is 2.93. The molecule has 0 unspecified atom stereocenters. The van der Waals surface area contributed by atoms with Gasteiger partial charge < -0.3 is 10.1 Å². The Morgan fingerprint density at radius 3 is 2.93 bits per heavy atom. The van der Waals surface area contributed by atoms with Crippen molar-refractivity contribution >= 4 is 17.3 Å². The van der Waals surface area contributed by atoms with Crippen molar-refractivity contribution in [1.82, 2.24) is 0 Å². The molecule has 0 aliphatic heterocycles. The number of hydrogen-bond donors (Lipinski definition) is 1. The maximum atomic E-state index is 8.68. The molecule has 4 heteroatoms. The van der Waals surface area contributed by atoms with Crippen molar-refractivity contribution in [3.8, 4) is 6.07 Å². The molecule has 0 aliphatic rings. The third-order valence-electron chi connectivity index (χ3n) is 1.87. The molecule has 0 atom stereocenters. The summed E-state index contributed by atoms with van der Waals surface area (Å²) in [5.74, 6) is 0. The maximum Gasteiger partial charge on any atom is 0.101 e. The minimum Gasteiger partial charge on any atom is -0.383 e. The lowest BCUT2D eigenvalue weighted by atomic mass is 10.2. The van der Waals surface area contributed by atoms with Crippen molar-refractivity contribution in [2.24, 2.45) is 0 Å². The lowest BCUT2D eigenvalue weighted by Crippen LogP contribution is -2.09. The molecule has 15 heavy (non-hydrogen) atoms. The van der Waals surface area contributed by atoms with E-state index in [0.717, 1.165) is 18.8 Å². The van der Waals surface area contributed by atoms with E-state index < -0.39 is 0 Å². The maximum absolute atomic E-state index is 8.68. The Hall–Kier alpha value is -1.24. The second-order valence-corrected chi connectivity index (χ2v) is 3.34. The summed E-state index contributed by atoms with van der Waals surface area (Å²) in [6.07, 6.45) is 0. The van der Waals surface area contributed by atoms with Crippen LogP contribution in [0, 0.1) is 11.3 Å². The van der Waals surface area contributed by atoms with Crippen molar-refractivity contribution in [3.63, 3.8) is 0 Å². The first kappa shape index (κ1) is 11.8. The number of anilines is 1. The van der Waals surface area contributed by atoms with E-state index >= 15 is 0 Å². The largest absolute Gasteiger partial charge is 0.383 e. The van der Waals surface area contributed by atoms with Gasteiger partial charge in [0, 0.05) is 18.8 Å². The SMILES string of the molecule is CCOCCNc1ccc(C#N)c(Cl)c1. The number of nitrogens with zero attached hydrogens (tertiary/aromatic N) is 1. The molecule has 1 aromatic carbocycles. The van der Waals surface area contributed by atoms with Gasteiger partial charge in [-0.2, -0.15) is 5.26 Å². The minimum absolute atomic E-state index is 0.471. The van der Waals surface area contributed by atoms with Crippen molar-refractivity contribution < 1.29 is 4.74 Å². The predicted molar refractivity (Wildman–Crippen MR) is 61.1 cm³/mol. The van der Waals surface area contributed by atoms with E-state index in [1.165, 1.54) is 0 Å². The molecule has 80 valence electrons. The number of halogens is 1. The molecular weight excluding hydrogens is 212 g/mol. The zero-order valence-corrected chi connectivity index (χ0v) is 9.34. The van der Waals surface area contributed by atoms with Crippen molar-refractivity contribution in [2.75, 3.05) is 25.1 Å². The summed E-state index contributed by atoms with van der Waals surface area (Å²) in [5, 5.41) is 12.3. The van der Waals surface area contributed by atoms with Crippen molar-refractivity contribution in [1.29, 1.82) is 5.26 Å². The molecule has 1 rings (SSSR count). The van der Waals surface area contributed by atoms with E-state index in [4.69, 9.17) is 21.6 Å². The molecule has 1 N–H and O–H groups in total. The van der Waals surface area contributed by atoms with Gasteiger partial charge in [-0.25, -0.2) is 0 Å². The van der Waals surface area contributed by atoms with E-state index in [2.05, 4.69) is 5.32 Å². The van der Waals surface area contributed by atoms with E-state index in [9.17, 15) is 0 Å². The van der Waals surface area contributed by atoms with Crippen LogP contribution in [0.3, 0.4) is 0 Å². The fourth-order valence-electron chi connectivity index (χ4n) is 1.13. The van der Waals surface area contributed by atoms with Crippen LogP contribution in [0.2, 0.25) is 5.02 Å². The quantitative estimate of drug-likeness (QED) is 0.783. The van der Waals surface area contributed by atoms with Gasteiger partial charge in [0.25, 0.3) is 0 Å². The van der Waals surface area contributed by atoms with Gasteiger partial charge in [-0.15, -0.1) is 0 Å². The number of rotatable bonds is 5. The standard InChI is InChI=1S/C11H13ClN2O/c1-2-15-6-5-14-10-4-3-9(8-13)11(12)7-10/h3-4,7,14H,2,5-6H2,1H3. The number of hydrogen-bond acceptors (Lipinski definition) is 3. The van der Waals surface area contributed by atoms with Gasteiger partial charge in [-0.3, -0.25) is 0 Å². The Morgan fingerprint density at radius 1 is 1.53 bits per heavy atom. The monoisotopic (exact) mass is 224 g/mol. The Morgan fingerprint density at radius 2 is 2.33 bits per heavy atom. The van der Waals surface area contributed by atoms with E-state index in [0.29, 0.717) is 17.2 Å². The highest BCUT2D eigenvalue weighted by molar-refractivity contribution is 6.32. The van der Waals surface area contributed by atoms with Gasteiger partial charge in [-0.05, 0) is 25.1 Å². The molecule has 3 nitrogen and oxygen atoms in total. The van der Waals surface area contributed by atoms with Gasteiger partial charge in [0.2, 0.25) is 0 Å². The predicted octanol–water partition coefficient (Wildman–Crippen LogP) is 2.66. The third kappa shape index (κ3) is 3.78. The van der Waals surface area contributed by atoms with Crippen LogP contribution in [0.25, 0.3) is 0 Å². The van der Waals surface area contributed by atoms with Crippen LogP contribution >= 0.6 is 11.6 Å². The fraction of sp³-hybridized carbons (Fsp3) is 0.364. The van der Waals surface area contributed by atoms with Crippen LogP contribution < -0.4 is 5.32 Å². The van der Waals surface area contributed by atoms with Crippen molar-refractivity contribution in [3.05, 3.63) is 28.8 Å². The molecule has 0 amide bonds. The second kappa shape index (κ2) is 6.28. The molecular formula is C11H13ClN2O. The summed E-state index contributed by atoms with van der Waals surface area (Å²) < 4.78 is 5.18. The molecule has 0 radical (unpaired) electrons. The lowest BCUT2D eigenvalue weighted by molar-refractivity contribution is 0.158. The molecule has 0 saturated heterocycles. The smallest absolute Gasteiger partial charge is 0.101 e. The number of nitrogens with one attached hydrogen (secondary N) is 1. The summed E-state index contributed by atoms with van der Waals surface area (Å²) in [5.41, 5.74) is 1.39. The Bertz CT molecular complexity index is 360. The van der Waals surface area contributed by atoms with Crippen molar-refractivity contribution in [2.45, 2.75) is 6.92 Å². The zero-order chi connectivity index (χ0) is 11.1. The van der Waals surface area contributed by atoms with Crippen LogP contribution in [0.4, 0.5) is 5.69 Å². The molecule has 0 heterocycles. The fourth-order valence-corrected chi connectivity index (χ4v) is 1.35. The number of benzene rings is 1. The first-order valence-electron chi connectivity index (χ1n) is 4.79. The Kier molecular flexibility index (Phi) is 4.96. The van der Waals surface area contributed by atoms with E-state index in [1.54, 1.807) is 12.1 Å². The molecule has 0 spiro atoms. The van der Waals surface area contributed by atoms with Crippen LogP contribution in [0.15, 0.2) is 18.2 Å². The van der Waals surface area contributed by atoms with Crippen LogP contribution in [0.1, 0.15) is 12.5 Å². The van der Waals surface area contributed by atoms with Gasteiger partial charge >= 0.3 is 0 Å². The van der Waals surface area contributed by atoms with E-state index in [-0.39, 0.29) is 0 Å². The van der Waals surface area contributed by atoms with Gasteiger partial charge in [0.05, 0.1) is 17.2 Å². The zero-order valence-electron chi connectivity index (χ0n) is 8.59. The summed E-state index contributed by atoms with van der Waals surface area (Å²) in [6, 6.07) is 7.29. The molecule has 0 aromatic heterocycles. The topological polar surface area (TPSA) is 45.0 Å². The summed E-state index contributed by atoms with van der Waals surface area (Å²) in [6.45, 7) is 4.07. The summed E-state index contributed by atoms with van der Waals surface area (Å²) >= 11 is 5.88. The van der Waals surface area contributed by atoms with Gasteiger partial charge in [0.15, 0.2) is 0 Å². The average molecular weight is 225 g/mol. The molecule has 0 bridgehead atoms. The summed E-state index contributed by atoms with van der Waals surface area (Å²) in [7, 11) is 0. The molecule has 1 aromatic rings. The molecule has 0 saturated carbocycles. The highest BCUT2D eigenvalue weighted by Crippen LogP contribution is 2.19. The minimum atomic E-state index is 0.471. The molecule has 0 fully saturated rings. The average Bonchev–Trinajstić information content (AvgIpc) is 2.25. The Balaban J connectivity index is 2.49. The first-order chi connectivity index (χ1) is 7.27. The highest BCUT2D eigenvalue weighted by Gasteiger charge is 1.99. The van der Waals surface area contributed by atoms with Gasteiger partial charge in [-0.1, -0.05) is 11.6 Å². The Labute approximate surface area is 94.6 Å². The highest BCUT2D eigenvalue weighted by atomic mass is 35.5. The summed E-state index contributed by atoms with van der Waals surface area (Å²) in [4.78, 5) is 0. The molecule has 0 aliphatic carbocycles. The van der Waals surface area contributed by atoms with Crippen LogP contribution in [0.5, 0.6) is 0 Å². The third-order valence-corrected chi connectivity index (χ3v) is 2.18. The van der Waals surface area contributed by atoms with E-state index in [1.807, 2.05) is 19.1 Å². The normalized spacial score (nSPS) is 9.67. The van der Waals surface area contributed by atoms with Gasteiger partial charge in [0.1, 0.15) is 6.07 Å².